The highest BCUT2D eigenvalue weighted by Gasteiger charge is 2.15. The first-order chi connectivity index (χ1) is 9.61. The summed E-state index contributed by atoms with van der Waals surface area (Å²) in [6, 6.07) is 1.72. The Morgan fingerprint density at radius 1 is 1.60 bits per heavy atom. The lowest BCUT2D eigenvalue weighted by molar-refractivity contribution is 0.0599. The van der Waals surface area contributed by atoms with Gasteiger partial charge in [0.15, 0.2) is 0 Å². The monoisotopic (exact) mass is 294 g/mol. The van der Waals surface area contributed by atoms with E-state index >= 15 is 0 Å². The Balaban J connectivity index is 1.87. The summed E-state index contributed by atoms with van der Waals surface area (Å²) in [6.07, 6.45) is 1.81. The molecule has 2 rings (SSSR count). The molecule has 2 aromatic heterocycles. The Labute approximate surface area is 122 Å². The smallest absolute Gasteiger partial charge is 0.341 e. The molecular formula is C14H18N2O3S. The molecule has 6 heteroatoms. The van der Waals surface area contributed by atoms with Crippen molar-refractivity contribution in [3.8, 4) is 0 Å². The Hall–Kier alpha value is -1.66. The molecule has 0 bridgehead atoms. The zero-order valence-corrected chi connectivity index (χ0v) is 12.6. The van der Waals surface area contributed by atoms with Crippen molar-refractivity contribution in [1.29, 1.82) is 0 Å². The van der Waals surface area contributed by atoms with Gasteiger partial charge in [-0.15, -0.1) is 11.3 Å². The van der Waals surface area contributed by atoms with Gasteiger partial charge < -0.3 is 14.5 Å². The zero-order valence-electron chi connectivity index (χ0n) is 11.8. The van der Waals surface area contributed by atoms with Gasteiger partial charge in [-0.1, -0.05) is 6.92 Å². The topological polar surface area (TPSA) is 64.4 Å². The number of carbonyl (C=O) groups excluding carboxylic acids is 1. The summed E-state index contributed by atoms with van der Waals surface area (Å²) in [5.74, 6) is 1.30. The van der Waals surface area contributed by atoms with E-state index in [1.54, 1.807) is 24.3 Å². The molecule has 0 radical (unpaired) electrons. The van der Waals surface area contributed by atoms with Crippen molar-refractivity contribution in [3.05, 3.63) is 39.7 Å². The van der Waals surface area contributed by atoms with E-state index in [1.165, 1.54) is 7.11 Å². The highest BCUT2D eigenvalue weighted by Crippen LogP contribution is 2.18. The van der Waals surface area contributed by atoms with Crippen molar-refractivity contribution in [2.45, 2.75) is 26.3 Å². The molecule has 0 spiro atoms. The summed E-state index contributed by atoms with van der Waals surface area (Å²) in [7, 11) is 1.36. The molecule has 2 aromatic rings. The van der Waals surface area contributed by atoms with Crippen molar-refractivity contribution in [2.75, 3.05) is 13.7 Å². The number of hydrogen-bond acceptors (Lipinski definition) is 6. The van der Waals surface area contributed by atoms with Crippen LogP contribution in [0.1, 0.15) is 39.7 Å². The van der Waals surface area contributed by atoms with Crippen LogP contribution in [0.2, 0.25) is 0 Å². The molecule has 0 amide bonds. The van der Waals surface area contributed by atoms with Crippen LogP contribution in [-0.2, 0) is 11.3 Å². The van der Waals surface area contributed by atoms with Gasteiger partial charge in [-0.25, -0.2) is 9.78 Å². The Bertz CT molecular complexity index is 563. The third kappa shape index (κ3) is 3.46. The highest BCUT2D eigenvalue weighted by atomic mass is 32.1. The summed E-state index contributed by atoms with van der Waals surface area (Å²) < 4.78 is 10.2. The summed E-state index contributed by atoms with van der Waals surface area (Å²) in [5, 5.41) is 6.40. The minimum absolute atomic E-state index is 0.353. The van der Waals surface area contributed by atoms with E-state index in [-0.39, 0.29) is 5.97 Å². The highest BCUT2D eigenvalue weighted by molar-refractivity contribution is 7.09. The SMILES string of the molecule is COC(=O)c1cc(CNCC(C)c2nccs2)oc1C. The van der Waals surface area contributed by atoms with Crippen LogP contribution in [0.15, 0.2) is 22.1 Å². The molecular weight excluding hydrogens is 276 g/mol. The van der Waals surface area contributed by atoms with Crippen molar-refractivity contribution < 1.29 is 13.9 Å². The van der Waals surface area contributed by atoms with Crippen molar-refractivity contribution >= 4 is 17.3 Å². The van der Waals surface area contributed by atoms with E-state index in [2.05, 4.69) is 17.2 Å². The van der Waals surface area contributed by atoms with Gasteiger partial charge in [-0.05, 0) is 13.0 Å². The fourth-order valence-corrected chi connectivity index (χ4v) is 2.62. The van der Waals surface area contributed by atoms with Gasteiger partial charge in [0, 0.05) is 24.0 Å². The number of thiazole rings is 1. The van der Waals surface area contributed by atoms with Crippen molar-refractivity contribution in [2.24, 2.45) is 0 Å². The van der Waals surface area contributed by atoms with Crippen LogP contribution < -0.4 is 5.32 Å². The molecule has 0 saturated carbocycles. The van der Waals surface area contributed by atoms with Crippen molar-refractivity contribution in [3.63, 3.8) is 0 Å². The maximum atomic E-state index is 11.5. The van der Waals surface area contributed by atoms with Crippen LogP contribution in [0.4, 0.5) is 0 Å². The predicted molar refractivity (Wildman–Crippen MR) is 77.0 cm³/mol. The summed E-state index contributed by atoms with van der Waals surface area (Å²) >= 11 is 1.65. The van der Waals surface area contributed by atoms with E-state index in [0.717, 1.165) is 17.3 Å². The number of methoxy groups -OCH3 is 1. The quantitative estimate of drug-likeness (QED) is 0.830. The lowest BCUT2D eigenvalue weighted by Gasteiger charge is -2.08. The Morgan fingerprint density at radius 2 is 2.40 bits per heavy atom. The number of aromatic nitrogens is 1. The molecule has 0 aliphatic carbocycles. The number of nitrogens with one attached hydrogen (secondary N) is 1. The Morgan fingerprint density at radius 3 is 3.05 bits per heavy atom. The number of aryl methyl sites for hydroxylation is 1. The van der Waals surface area contributed by atoms with Crippen molar-refractivity contribution in [1.82, 2.24) is 10.3 Å². The van der Waals surface area contributed by atoms with Gasteiger partial charge in [-0.3, -0.25) is 0 Å². The van der Waals surface area contributed by atoms with E-state index < -0.39 is 0 Å². The molecule has 20 heavy (non-hydrogen) atoms. The minimum atomic E-state index is -0.367. The maximum absolute atomic E-state index is 11.5. The average molecular weight is 294 g/mol. The standard InChI is InChI=1S/C14H18N2O3S/c1-9(13-16-4-5-20-13)7-15-8-11-6-12(10(2)19-11)14(17)18-3/h4-6,9,15H,7-8H2,1-3H3. The molecule has 108 valence electrons. The zero-order chi connectivity index (χ0) is 14.5. The lowest BCUT2D eigenvalue weighted by atomic mass is 10.2. The average Bonchev–Trinajstić information content (AvgIpc) is 3.07. The number of furan rings is 1. The summed E-state index contributed by atoms with van der Waals surface area (Å²) in [6.45, 7) is 5.27. The molecule has 1 unspecified atom stereocenters. The van der Waals surface area contributed by atoms with Crippen LogP contribution >= 0.6 is 11.3 Å². The second kappa shape index (κ2) is 6.67. The first kappa shape index (κ1) is 14.7. The fourth-order valence-electron chi connectivity index (χ4n) is 1.92. The largest absolute Gasteiger partial charge is 0.465 e. The van der Waals surface area contributed by atoms with Crippen LogP contribution in [-0.4, -0.2) is 24.6 Å². The van der Waals surface area contributed by atoms with Gasteiger partial charge in [0.25, 0.3) is 0 Å². The number of esters is 1. The first-order valence-electron chi connectivity index (χ1n) is 6.39. The van der Waals surface area contributed by atoms with E-state index in [1.807, 2.05) is 11.6 Å². The number of ether oxygens (including phenoxy) is 1. The molecule has 0 aliphatic rings. The third-order valence-electron chi connectivity index (χ3n) is 3.00. The second-order valence-corrected chi connectivity index (χ2v) is 5.50. The van der Waals surface area contributed by atoms with E-state index in [9.17, 15) is 4.79 Å². The van der Waals surface area contributed by atoms with Gasteiger partial charge in [0.05, 0.1) is 18.7 Å². The predicted octanol–water partition coefficient (Wildman–Crippen LogP) is 2.72. The molecule has 1 atom stereocenters. The molecule has 0 fully saturated rings. The van der Waals surface area contributed by atoms with Crippen LogP contribution in [0.25, 0.3) is 0 Å². The minimum Gasteiger partial charge on any atom is -0.465 e. The van der Waals surface area contributed by atoms with E-state index in [4.69, 9.17) is 9.15 Å². The molecule has 0 aliphatic heterocycles. The molecule has 0 saturated heterocycles. The normalized spacial score (nSPS) is 12.3. The van der Waals surface area contributed by atoms with E-state index in [0.29, 0.717) is 23.8 Å². The third-order valence-corrected chi connectivity index (χ3v) is 4.00. The van der Waals surface area contributed by atoms with Crippen LogP contribution in [0, 0.1) is 6.92 Å². The number of carbonyl (C=O) groups is 1. The van der Waals surface area contributed by atoms with Gasteiger partial charge in [-0.2, -0.15) is 0 Å². The van der Waals surface area contributed by atoms with Crippen LogP contribution in [0.3, 0.4) is 0 Å². The maximum Gasteiger partial charge on any atom is 0.341 e. The Kier molecular flexibility index (Phi) is 4.92. The first-order valence-corrected chi connectivity index (χ1v) is 7.27. The summed E-state index contributed by atoms with van der Waals surface area (Å²) in [5.41, 5.74) is 0.484. The van der Waals surface area contributed by atoms with Gasteiger partial charge in [0.2, 0.25) is 0 Å². The van der Waals surface area contributed by atoms with Gasteiger partial charge >= 0.3 is 5.97 Å². The number of hydrogen-bond donors (Lipinski definition) is 1. The lowest BCUT2D eigenvalue weighted by Crippen LogP contribution is -2.19. The molecule has 2 heterocycles. The second-order valence-electron chi connectivity index (χ2n) is 4.58. The molecule has 5 nitrogen and oxygen atoms in total. The van der Waals surface area contributed by atoms with Crippen LogP contribution in [0.5, 0.6) is 0 Å². The fraction of sp³-hybridized carbons (Fsp3) is 0.429. The van der Waals surface area contributed by atoms with Gasteiger partial charge in [0.1, 0.15) is 17.1 Å². The number of rotatable bonds is 6. The molecule has 0 aromatic carbocycles. The summed E-state index contributed by atoms with van der Waals surface area (Å²) in [4.78, 5) is 15.8. The number of nitrogens with zero attached hydrogens (tertiary/aromatic N) is 1. The molecule has 1 N–H and O–H groups in total.